The molecule has 1 aliphatic carbocycles. The Morgan fingerprint density at radius 3 is 2.05 bits per heavy atom. The molecule has 3 aliphatic rings. The van der Waals surface area contributed by atoms with Gasteiger partial charge in [0.25, 0.3) is 0 Å². The van der Waals surface area contributed by atoms with Crippen LogP contribution < -0.4 is 0 Å². The molecule has 38 heavy (non-hydrogen) atoms. The van der Waals surface area contributed by atoms with Crippen LogP contribution in [0.25, 0.3) is 0 Å². The monoisotopic (exact) mass is 554 g/mol. The van der Waals surface area contributed by atoms with Crippen LogP contribution in [0.15, 0.2) is 12.2 Å². The zero-order valence-corrected chi connectivity index (χ0v) is 25.9. The van der Waals surface area contributed by atoms with Gasteiger partial charge in [-0.3, -0.25) is 4.79 Å². The molecule has 7 nitrogen and oxygen atoms in total. The molecule has 0 N–H and O–H groups in total. The van der Waals surface area contributed by atoms with Gasteiger partial charge in [0, 0.05) is 38.6 Å². The third kappa shape index (κ3) is 9.70. The number of hydrogen-bond acceptors (Lipinski definition) is 7. The second-order valence-corrected chi connectivity index (χ2v) is 17.6. The summed E-state index contributed by atoms with van der Waals surface area (Å²) in [6.07, 6.45) is 14.5. The highest BCUT2D eigenvalue weighted by Gasteiger charge is 2.48. The lowest BCUT2D eigenvalue weighted by molar-refractivity contribution is -0.204. The number of ether oxygens (including phenoxy) is 5. The number of allylic oxidation sites excluding steroid dienone is 2. The predicted molar refractivity (Wildman–Crippen MR) is 151 cm³/mol. The quantitative estimate of drug-likeness (QED) is 0.108. The zero-order valence-electron chi connectivity index (χ0n) is 24.9. The zero-order chi connectivity index (χ0) is 27.6. The average Bonchev–Trinajstić information content (AvgIpc) is 3.20. The molecule has 220 valence electrons. The highest BCUT2D eigenvalue weighted by molar-refractivity contribution is 6.74. The first-order valence-corrected chi connectivity index (χ1v) is 17.9. The molecule has 0 aromatic heterocycles. The summed E-state index contributed by atoms with van der Waals surface area (Å²) in [5.41, 5.74) is 0. The van der Waals surface area contributed by atoms with Crippen LogP contribution in [0, 0.1) is 11.8 Å². The number of carbonyl (C=O) groups excluding carboxylic acids is 1. The van der Waals surface area contributed by atoms with Crippen LogP contribution in [0.2, 0.25) is 18.1 Å². The van der Waals surface area contributed by atoms with E-state index in [2.05, 4.69) is 46.0 Å². The maximum Gasteiger partial charge on any atom is 0.305 e. The summed E-state index contributed by atoms with van der Waals surface area (Å²) in [4.78, 5) is 11.4. The second-order valence-electron chi connectivity index (χ2n) is 12.8. The van der Waals surface area contributed by atoms with E-state index in [4.69, 9.17) is 28.1 Å². The highest BCUT2D eigenvalue weighted by Crippen LogP contribution is 2.43. The fourth-order valence-corrected chi connectivity index (χ4v) is 6.43. The number of unbranched alkanes of at least 4 members (excludes halogenated alkanes) is 1. The molecule has 2 saturated heterocycles. The molecule has 3 fully saturated rings. The summed E-state index contributed by atoms with van der Waals surface area (Å²) in [5, 5.41) is 0.148. The van der Waals surface area contributed by atoms with E-state index in [1.807, 2.05) is 0 Å². The number of hydrogen-bond donors (Lipinski definition) is 0. The van der Waals surface area contributed by atoms with Crippen LogP contribution in [-0.2, 0) is 32.9 Å². The van der Waals surface area contributed by atoms with Gasteiger partial charge in [-0.25, -0.2) is 0 Å². The molecular weight excluding hydrogens is 500 g/mol. The van der Waals surface area contributed by atoms with E-state index in [1.165, 1.54) is 7.11 Å². The molecule has 0 aromatic rings. The Morgan fingerprint density at radius 1 is 0.921 bits per heavy atom. The average molecular weight is 555 g/mol. The van der Waals surface area contributed by atoms with Crippen molar-refractivity contribution in [3.8, 4) is 0 Å². The second kappa shape index (κ2) is 15.3. The lowest BCUT2D eigenvalue weighted by Gasteiger charge is -2.39. The van der Waals surface area contributed by atoms with Crippen molar-refractivity contribution < 1.29 is 32.9 Å². The summed E-state index contributed by atoms with van der Waals surface area (Å²) < 4.78 is 36.9. The summed E-state index contributed by atoms with van der Waals surface area (Å²) in [6.45, 7) is 13.7. The normalized spacial score (nSPS) is 31.1. The van der Waals surface area contributed by atoms with Gasteiger partial charge in [-0.2, -0.15) is 0 Å². The smallest absolute Gasteiger partial charge is 0.305 e. The van der Waals surface area contributed by atoms with Crippen molar-refractivity contribution >= 4 is 14.3 Å². The summed E-state index contributed by atoms with van der Waals surface area (Å²) in [6, 6.07) is 0. The molecule has 2 aliphatic heterocycles. The molecule has 0 spiro atoms. The Hall–Kier alpha value is -0.773. The molecule has 8 heteroatoms. The molecule has 2 unspecified atom stereocenters. The molecule has 2 heterocycles. The van der Waals surface area contributed by atoms with Gasteiger partial charge in [-0.05, 0) is 81.8 Å². The van der Waals surface area contributed by atoms with E-state index >= 15 is 0 Å². The van der Waals surface area contributed by atoms with E-state index in [0.717, 1.165) is 77.4 Å². The van der Waals surface area contributed by atoms with Crippen molar-refractivity contribution in [3.05, 3.63) is 12.2 Å². The first-order valence-electron chi connectivity index (χ1n) is 15.0. The predicted octanol–water partition coefficient (Wildman–Crippen LogP) is 6.76. The molecule has 0 amide bonds. The van der Waals surface area contributed by atoms with E-state index in [-0.39, 0.29) is 47.6 Å². The van der Waals surface area contributed by atoms with E-state index < -0.39 is 8.32 Å². The lowest BCUT2D eigenvalue weighted by Crippen LogP contribution is -2.44. The number of methoxy groups -OCH3 is 1. The van der Waals surface area contributed by atoms with Gasteiger partial charge in [0.05, 0.1) is 19.3 Å². The first kappa shape index (κ1) is 31.8. The third-order valence-corrected chi connectivity index (χ3v) is 13.4. The number of rotatable bonds is 13. The van der Waals surface area contributed by atoms with Crippen molar-refractivity contribution in [1.29, 1.82) is 0 Å². The van der Waals surface area contributed by atoms with Gasteiger partial charge in [0.2, 0.25) is 0 Å². The van der Waals surface area contributed by atoms with Crippen LogP contribution in [-0.4, -0.2) is 66.0 Å². The minimum absolute atomic E-state index is 0.0363. The Kier molecular flexibility index (Phi) is 12.8. The number of esters is 1. The Labute approximate surface area is 232 Å². The molecular formula is C30H54O7Si. The van der Waals surface area contributed by atoms with Crippen LogP contribution in [0.4, 0.5) is 0 Å². The Bertz CT molecular complexity index is 723. The van der Waals surface area contributed by atoms with E-state index in [9.17, 15) is 4.79 Å². The van der Waals surface area contributed by atoms with Crippen molar-refractivity contribution in [1.82, 2.24) is 0 Å². The summed E-state index contributed by atoms with van der Waals surface area (Å²) in [7, 11) is -0.484. The molecule has 3 rings (SSSR count). The SMILES string of the molecule is COC(=O)CCCC=CC[C@@H]1[C@@H](CO[Si](C)(C)C(C)(C)C)[C@H](OC2CCCCO2)C[C@@H]1OC1CCCCO1. The molecule has 1 saturated carbocycles. The van der Waals surface area contributed by atoms with Gasteiger partial charge in [0.1, 0.15) is 0 Å². The van der Waals surface area contributed by atoms with Gasteiger partial charge < -0.3 is 28.1 Å². The van der Waals surface area contributed by atoms with Gasteiger partial charge in [-0.15, -0.1) is 0 Å². The molecule has 0 radical (unpaired) electrons. The molecule has 0 aromatic carbocycles. The first-order chi connectivity index (χ1) is 18.1. The fraction of sp³-hybridized carbons (Fsp3) is 0.900. The minimum Gasteiger partial charge on any atom is -0.469 e. The van der Waals surface area contributed by atoms with Crippen molar-refractivity contribution in [2.45, 2.75) is 134 Å². The van der Waals surface area contributed by atoms with Crippen LogP contribution in [0.1, 0.15) is 91.4 Å². The highest BCUT2D eigenvalue weighted by atomic mass is 28.4. The largest absolute Gasteiger partial charge is 0.469 e. The van der Waals surface area contributed by atoms with E-state index in [1.54, 1.807) is 0 Å². The molecule has 6 atom stereocenters. The topological polar surface area (TPSA) is 72.5 Å². The Morgan fingerprint density at radius 2 is 1.53 bits per heavy atom. The molecule has 0 bridgehead atoms. The maximum atomic E-state index is 11.4. The van der Waals surface area contributed by atoms with Crippen LogP contribution in [0.3, 0.4) is 0 Å². The van der Waals surface area contributed by atoms with Gasteiger partial charge in [-0.1, -0.05) is 32.9 Å². The van der Waals surface area contributed by atoms with Crippen LogP contribution >= 0.6 is 0 Å². The van der Waals surface area contributed by atoms with Crippen molar-refractivity contribution in [2.75, 3.05) is 26.9 Å². The minimum atomic E-state index is -1.93. The van der Waals surface area contributed by atoms with Crippen LogP contribution in [0.5, 0.6) is 0 Å². The maximum absolute atomic E-state index is 11.4. The lowest BCUT2D eigenvalue weighted by atomic mass is 9.90. The Balaban J connectivity index is 1.73. The van der Waals surface area contributed by atoms with Crippen molar-refractivity contribution in [2.24, 2.45) is 11.8 Å². The standard InChI is InChI=1S/C30H54O7Si/c1-30(2,3)38(5,6)35-22-24-23(15-9-7-8-10-16-27(31)32-4)25(36-28-17-11-13-19-33-28)21-26(24)37-29-18-12-14-20-34-29/h7,9,23-26,28-29H,8,10-22H2,1-6H3/t23-,24-,25+,26-,28?,29?/m1/s1. The van der Waals surface area contributed by atoms with Gasteiger partial charge in [0.15, 0.2) is 20.9 Å². The van der Waals surface area contributed by atoms with Crippen molar-refractivity contribution in [3.63, 3.8) is 0 Å². The fourth-order valence-electron chi connectivity index (χ4n) is 5.39. The van der Waals surface area contributed by atoms with Gasteiger partial charge >= 0.3 is 5.97 Å². The summed E-state index contributed by atoms with van der Waals surface area (Å²) in [5.74, 6) is 0.349. The number of carbonyl (C=O) groups is 1. The third-order valence-electron chi connectivity index (χ3n) is 8.90. The summed E-state index contributed by atoms with van der Waals surface area (Å²) >= 11 is 0. The van der Waals surface area contributed by atoms with E-state index in [0.29, 0.717) is 13.0 Å².